The van der Waals surface area contributed by atoms with Crippen LogP contribution >= 0.6 is 0 Å². The number of pyridine rings is 6. The van der Waals surface area contributed by atoms with Gasteiger partial charge in [-0.3, -0.25) is 34.7 Å². The van der Waals surface area contributed by atoms with Crippen LogP contribution in [0.5, 0.6) is 0 Å². The van der Waals surface area contributed by atoms with Crippen LogP contribution < -0.4 is 5.32 Å². The molecule has 6 heterocycles. The molecule has 6 aromatic heterocycles. The molecule has 0 aromatic carbocycles. The Morgan fingerprint density at radius 2 is 0.721 bits per heavy atom. The van der Waals surface area contributed by atoms with Gasteiger partial charge < -0.3 is 5.32 Å². The van der Waals surface area contributed by atoms with E-state index in [4.69, 9.17) is 6.42 Å². The summed E-state index contributed by atoms with van der Waals surface area (Å²) < 4.78 is 0. The molecule has 0 unspecified atom stereocenters. The van der Waals surface area contributed by atoms with Crippen molar-refractivity contribution >= 4 is 6.41 Å². The number of aromatic nitrogens is 6. The van der Waals surface area contributed by atoms with Crippen LogP contribution in [-0.2, 0) is 24.3 Å². The SMILES string of the molecule is C#CCNC=O.[Ru].c1ccc(-c2ccccn2)nc1.c1ccc(-c2ccccn2)nc1.c1ccc(-c2ccccn2)nc1. The normalized spacial score (nSPS) is 8.91. The van der Waals surface area contributed by atoms with Gasteiger partial charge in [0, 0.05) is 56.7 Å². The Labute approximate surface area is 264 Å². The van der Waals surface area contributed by atoms with Crippen LogP contribution in [0.25, 0.3) is 34.2 Å². The molecule has 0 fully saturated rings. The number of nitrogens with one attached hydrogen (secondary N) is 1. The van der Waals surface area contributed by atoms with Crippen LogP contribution in [0.3, 0.4) is 0 Å². The van der Waals surface area contributed by atoms with Crippen molar-refractivity contribution in [2.45, 2.75) is 0 Å². The number of nitrogens with zero attached hydrogens (tertiary/aromatic N) is 6. The minimum Gasteiger partial charge on any atom is -0.348 e. The van der Waals surface area contributed by atoms with Gasteiger partial charge >= 0.3 is 0 Å². The van der Waals surface area contributed by atoms with Crippen LogP contribution in [0.2, 0.25) is 0 Å². The number of hydrogen-bond acceptors (Lipinski definition) is 7. The molecule has 0 atom stereocenters. The predicted molar refractivity (Wildman–Crippen MR) is 165 cm³/mol. The molecule has 214 valence electrons. The molecule has 1 N–H and O–H groups in total. The quantitative estimate of drug-likeness (QED) is 0.109. The van der Waals surface area contributed by atoms with Crippen LogP contribution in [0.4, 0.5) is 0 Å². The second-order valence-corrected chi connectivity index (χ2v) is 7.99. The molecular weight excluding hydrogens is 623 g/mol. The van der Waals surface area contributed by atoms with E-state index in [-0.39, 0.29) is 19.5 Å². The van der Waals surface area contributed by atoms with Crippen molar-refractivity contribution in [1.29, 1.82) is 0 Å². The molecule has 0 aliphatic carbocycles. The zero-order chi connectivity index (χ0) is 29.5. The van der Waals surface area contributed by atoms with Gasteiger partial charge in [-0.2, -0.15) is 0 Å². The van der Waals surface area contributed by atoms with Crippen LogP contribution in [0.15, 0.2) is 146 Å². The van der Waals surface area contributed by atoms with Gasteiger partial charge in [-0.1, -0.05) is 42.3 Å². The summed E-state index contributed by atoms with van der Waals surface area (Å²) in [7, 11) is 0. The summed E-state index contributed by atoms with van der Waals surface area (Å²) in [5, 5.41) is 2.28. The Bertz CT molecular complexity index is 1280. The molecule has 0 bridgehead atoms. The molecule has 0 saturated heterocycles. The molecule has 8 nitrogen and oxygen atoms in total. The predicted octanol–water partition coefficient (Wildman–Crippen LogP) is 5.79. The fourth-order valence-electron chi connectivity index (χ4n) is 3.19. The van der Waals surface area contributed by atoms with Crippen molar-refractivity contribution in [3.63, 3.8) is 0 Å². The van der Waals surface area contributed by atoms with Crippen molar-refractivity contribution in [2.24, 2.45) is 0 Å². The zero-order valence-corrected chi connectivity index (χ0v) is 24.9. The number of carbonyl (C=O) groups excluding carboxylic acids is 1. The summed E-state index contributed by atoms with van der Waals surface area (Å²) in [4.78, 5) is 34.5. The Morgan fingerprint density at radius 3 is 0.837 bits per heavy atom. The van der Waals surface area contributed by atoms with Crippen LogP contribution in [0, 0.1) is 12.3 Å². The Kier molecular flexibility index (Phi) is 16.7. The summed E-state index contributed by atoms with van der Waals surface area (Å²) >= 11 is 0. The Morgan fingerprint density at radius 1 is 0.488 bits per heavy atom. The van der Waals surface area contributed by atoms with E-state index in [1.54, 1.807) is 37.2 Å². The first-order valence-electron chi connectivity index (χ1n) is 12.9. The molecule has 43 heavy (non-hydrogen) atoms. The third-order valence-electron chi connectivity index (χ3n) is 5.06. The van der Waals surface area contributed by atoms with Gasteiger partial charge in [0.2, 0.25) is 6.41 Å². The summed E-state index contributed by atoms with van der Waals surface area (Å²) in [5.74, 6) is 2.23. The second kappa shape index (κ2) is 21.3. The van der Waals surface area contributed by atoms with Gasteiger partial charge in [-0.15, -0.1) is 6.42 Å². The van der Waals surface area contributed by atoms with E-state index in [9.17, 15) is 4.79 Å². The largest absolute Gasteiger partial charge is 0.348 e. The molecule has 6 rings (SSSR count). The molecule has 0 aliphatic rings. The Hall–Kier alpha value is -5.45. The smallest absolute Gasteiger partial charge is 0.207 e. The minimum absolute atomic E-state index is 0. The Balaban J connectivity index is 0.000000204. The number of hydrogen-bond donors (Lipinski definition) is 1. The average molecular weight is 653 g/mol. The number of rotatable bonds is 5. The topological polar surface area (TPSA) is 106 Å². The number of terminal acetylenes is 1. The molecule has 1 amide bonds. The van der Waals surface area contributed by atoms with Gasteiger partial charge in [0.25, 0.3) is 0 Å². The summed E-state index contributed by atoms with van der Waals surface area (Å²) in [6, 6.07) is 34.8. The third kappa shape index (κ3) is 13.2. The van der Waals surface area contributed by atoms with Gasteiger partial charge in [0.05, 0.1) is 40.7 Å². The third-order valence-corrected chi connectivity index (χ3v) is 5.06. The maximum atomic E-state index is 9.36. The molecule has 0 radical (unpaired) electrons. The van der Waals surface area contributed by atoms with Crippen molar-refractivity contribution < 1.29 is 24.3 Å². The van der Waals surface area contributed by atoms with E-state index < -0.39 is 0 Å². The van der Waals surface area contributed by atoms with Gasteiger partial charge in [0.1, 0.15) is 0 Å². The molecule has 0 aliphatic heterocycles. The van der Waals surface area contributed by atoms with Crippen molar-refractivity contribution in [2.75, 3.05) is 6.54 Å². The van der Waals surface area contributed by atoms with Crippen LogP contribution in [0.1, 0.15) is 0 Å². The minimum atomic E-state index is 0. The van der Waals surface area contributed by atoms with Gasteiger partial charge in [-0.25, -0.2) is 0 Å². The summed E-state index contributed by atoms with van der Waals surface area (Å²) in [5.41, 5.74) is 5.49. The van der Waals surface area contributed by atoms with E-state index in [0.717, 1.165) is 34.2 Å². The molecule has 0 spiro atoms. The fraction of sp³-hybridized carbons (Fsp3) is 0.0294. The van der Waals surface area contributed by atoms with E-state index in [0.29, 0.717) is 13.0 Å². The van der Waals surface area contributed by atoms with E-state index >= 15 is 0 Å². The second-order valence-electron chi connectivity index (χ2n) is 7.99. The summed E-state index contributed by atoms with van der Waals surface area (Å²) in [6.45, 7) is 0.323. The first-order chi connectivity index (χ1) is 20.8. The van der Waals surface area contributed by atoms with E-state index in [2.05, 4.69) is 41.1 Å². The molecule has 0 saturated carbocycles. The fourth-order valence-corrected chi connectivity index (χ4v) is 3.19. The monoisotopic (exact) mass is 653 g/mol. The van der Waals surface area contributed by atoms with Gasteiger partial charge in [-0.05, 0) is 72.8 Å². The maximum absolute atomic E-state index is 9.36. The van der Waals surface area contributed by atoms with Crippen molar-refractivity contribution in [1.82, 2.24) is 35.2 Å². The van der Waals surface area contributed by atoms with E-state index in [1.165, 1.54) is 0 Å². The first kappa shape index (κ1) is 33.8. The molecule has 9 heteroatoms. The first-order valence-corrected chi connectivity index (χ1v) is 12.9. The van der Waals surface area contributed by atoms with Crippen molar-refractivity contribution in [3.8, 4) is 46.5 Å². The molecular formula is C34H29N7ORu. The number of amides is 1. The molecule has 6 aromatic rings. The average Bonchev–Trinajstić information content (AvgIpc) is 3.10. The number of carbonyl (C=O) groups is 1. The zero-order valence-electron chi connectivity index (χ0n) is 23.2. The van der Waals surface area contributed by atoms with Gasteiger partial charge in [0.15, 0.2) is 0 Å². The van der Waals surface area contributed by atoms with Crippen molar-refractivity contribution in [3.05, 3.63) is 146 Å². The van der Waals surface area contributed by atoms with Crippen LogP contribution in [-0.4, -0.2) is 42.9 Å². The standard InChI is InChI=1S/3C10H8N2.C4H5NO.Ru/c3*1-3-7-11-9(5-1)10-6-2-4-8-12-10;1-2-3-5-4-6;/h3*1-8H;1,4H,3H2,(H,5,6);. The van der Waals surface area contributed by atoms with E-state index in [1.807, 2.05) is 109 Å². The maximum Gasteiger partial charge on any atom is 0.207 e. The summed E-state index contributed by atoms with van der Waals surface area (Å²) in [6.07, 6.45) is 15.9.